The molecule has 8 heteroatoms. The molecule has 1 aromatic carbocycles. The van der Waals surface area contributed by atoms with Crippen LogP contribution in [0.2, 0.25) is 0 Å². The first kappa shape index (κ1) is 26.1. The first-order chi connectivity index (χ1) is 15.0. The molecule has 0 bridgehead atoms. The molecular weight excluding hydrogens is 426 g/mol. The number of aromatic nitrogens is 2. The predicted molar refractivity (Wildman–Crippen MR) is 126 cm³/mol. The Morgan fingerprint density at radius 2 is 1.84 bits per heavy atom. The lowest BCUT2D eigenvalue weighted by Crippen LogP contribution is -2.35. The Balaban J connectivity index is 2.39. The van der Waals surface area contributed by atoms with Gasteiger partial charge in [-0.25, -0.2) is 13.4 Å². The van der Waals surface area contributed by atoms with Gasteiger partial charge in [0.15, 0.2) is 0 Å². The van der Waals surface area contributed by atoms with Gasteiger partial charge in [-0.2, -0.15) is 0 Å². The lowest BCUT2D eigenvalue weighted by Gasteiger charge is -2.24. The number of amides is 1. The van der Waals surface area contributed by atoms with Crippen molar-refractivity contribution in [2.24, 2.45) is 11.8 Å². The van der Waals surface area contributed by atoms with Crippen LogP contribution in [0.3, 0.4) is 0 Å². The molecule has 0 aliphatic carbocycles. The molecule has 0 radical (unpaired) electrons. The average Bonchev–Trinajstić information content (AvgIpc) is 3.08. The van der Waals surface area contributed by atoms with Crippen LogP contribution < -0.4 is 0 Å². The zero-order valence-electron chi connectivity index (χ0n) is 20.2. The predicted octanol–water partition coefficient (Wildman–Crippen LogP) is 3.84. The number of hydrogen-bond donors (Lipinski definition) is 0. The zero-order valence-corrected chi connectivity index (χ0v) is 21.0. The molecule has 32 heavy (non-hydrogen) atoms. The van der Waals surface area contributed by atoms with Gasteiger partial charge in [0.2, 0.25) is 20.9 Å². The van der Waals surface area contributed by atoms with Crippen LogP contribution in [-0.2, 0) is 38.2 Å². The highest BCUT2D eigenvalue weighted by atomic mass is 32.2. The molecule has 2 rings (SSSR count). The summed E-state index contributed by atoms with van der Waals surface area (Å²) in [6, 6.07) is 7.48. The minimum absolute atomic E-state index is 0.0265. The first-order valence-corrected chi connectivity index (χ1v) is 12.8. The smallest absolute Gasteiger partial charge is 0.228 e. The highest BCUT2D eigenvalue weighted by Gasteiger charge is 2.26. The summed E-state index contributed by atoms with van der Waals surface area (Å²) in [4.78, 5) is 18.9. The second kappa shape index (κ2) is 11.6. The van der Waals surface area contributed by atoms with Gasteiger partial charge in [-0.15, -0.1) is 0 Å². The summed E-state index contributed by atoms with van der Waals surface area (Å²) in [6.07, 6.45) is 2.02. The van der Waals surface area contributed by atoms with Crippen molar-refractivity contribution >= 4 is 15.7 Å². The van der Waals surface area contributed by atoms with Crippen LogP contribution >= 0.6 is 0 Å². The van der Waals surface area contributed by atoms with Crippen molar-refractivity contribution in [1.82, 2.24) is 14.5 Å². The lowest BCUT2D eigenvalue weighted by atomic mass is 10.1. The highest BCUT2D eigenvalue weighted by Crippen LogP contribution is 2.22. The summed E-state index contributed by atoms with van der Waals surface area (Å²) >= 11 is 0. The number of aryl methyl sites for hydroxylation is 1. The van der Waals surface area contributed by atoms with E-state index in [9.17, 15) is 13.2 Å². The normalized spacial score (nSPS) is 12.0. The van der Waals surface area contributed by atoms with Gasteiger partial charge in [0, 0.05) is 26.6 Å². The van der Waals surface area contributed by atoms with E-state index in [2.05, 4.69) is 4.98 Å². The van der Waals surface area contributed by atoms with Gasteiger partial charge in [0.05, 0.1) is 30.8 Å². The van der Waals surface area contributed by atoms with E-state index in [-0.39, 0.29) is 28.7 Å². The van der Waals surface area contributed by atoms with E-state index < -0.39 is 9.84 Å². The molecule has 0 fully saturated rings. The van der Waals surface area contributed by atoms with Crippen LogP contribution in [-0.4, -0.2) is 49.0 Å². The maximum absolute atomic E-state index is 13.3. The summed E-state index contributed by atoms with van der Waals surface area (Å²) in [7, 11) is -2.06. The minimum atomic E-state index is -3.66. The van der Waals surface area contributed by atoms with Crippen LogP contribution in [0.1, 0.15) is 50.9 Å². The number of nitrogens with zero attached hydrogens (tertiary/aromatic N) is 3. The lowest BCUT2D eigenvalue weighted by molar-refractivity contribution is -0.133. The monoisotopic (exact) mass is 463 g/mol. The van der Waals surface area contributed by atoms with E-state index in [0.29, 0.717) is 32.7 Å². The molecule has 1 heterocycles. The fourth-order valence-electron chi connectivity index (χ4n) is 3.54. The van der Waals surface area contributed by atoms with Crippen LogP contribution in [0.4, 0.5) is 0 Å². The number of methoxy groups -OCH3 is 1. The molecule has 0 atom stereocenters. The first-order valence-electron chi connectivity index (χ1n) is 11.1. The van der Waals surface area contributed by atoms with E-state index in [1.54, 1.807) is 22.8 Å². The number of carbonyl (C=O) groups excluding carboxylic acids is 1. The number of imidazole rings is 1. The van der Waals surface area contributed by atoms with Crippen molar-refractivity contribution in [2.75, 3.05) is 20.3 Å². The third-order valence-corrected chi connectivity index (χ3v) is 6.76. The van der Waals surface area contributed by atoms with Gasteiger partial charge in [0.25, 0.3) is 0 Å². The van der Waals surface area contributed by atoms with Gasteiger partial charge in [-0.3, -0.25) is 4.79 Å². The van der Waals surface area contributed by atoms with Crippen molar-refractivity contribution in [3.05, 3.63) is 47.3 Å². The van der Waals surface area contributed by atoms with E-state index in [1.165, 1.54) is 0 Å². The molecule has 1 amide bonds. The number of ether oxygens (including phenoxy) is 1. The molecule has 0 saturated heterocycles. The molecule has 0 aliphatic heterocycles. The topological polar surface area (TPSA) is 81.5 Å². The maximum atomic E-state index is 13.3. The molecule has 0 N–H and O–H groups in total. The maximum Gasteiger partial charge on any atom is 0.228 e. The number of benzene rings is 1. The Hall–Kier alpha value is -2.19. The summed E-state index contributed by atoms with van der Waals surface area (Å²) in [5, 5.41) is 0.0625. The molecule has 7 nitrogen and oxygen atoms in total. The number of carbonyl (C=O) groups is 1. The Labute approximate surface area is 192 Å². The Morgan fingerprint density at radius 1 is 1.16 bits per heavy atom. The quantitative estimate of drug-likeness (QED) is 0.478. The molecule has 0 saturated carbocycles. The Morgan fingerprint density at radius 3 is 2.44 bits per heavy atom. The number of sulfone groups is 1. The van der Waals surface area contributed by atoms with Crippen molar-refractivity contribution in [1.29, 1.82) is 0 Å². The Bertz CT molecular complexity index is 996. The molecule has 178 valence electrons. The SMILES string of the molecule is COCCN(Cc1cnc(S(=O)(=O)Cc2ccccc2C)n1CC(C)C)C(=O)CC(C)C. The third-order valence-electron chi connectivity index (χ3n) is 5.19. The standard InChI is InChI=1S/C24H37N3O4S/c1-18(2)13-23(28)26(11-12-31-6)16-22-14-25-24(27(22)15-19(3)4)32(29,30)17-21-10-8-7-9-20(21)5/h7-10,14,18-19H,11-13,15-17H2,1-6H3. The van der Waals surface area contributed by atoms with Gasteiger partial charge in [-0.05, 0) is 29.9 Å². The molecule has 1 aromatic heterocycles. The van der Waals surface area contributed by atoms with E-state index in [0.717, 1.165) is 16.8 Å². The molecule has 2 aromatic rings. The fraction of sp³-hybridized carbons (Fsp3) is 0.583. The van der Waals surface area contributed by atoms with E-state index in [1.807, 2.05) is 58.9 Å². The van der Waals surface area contributed by atoms with Crippen molar-refractivity contribution in [3.63, 3.8) is 0 Å². The van der Waals surface area contributed by atoms with Gasteiger partial charge < -0.3 is 14.2 Å². The van der Waals surface area contributed by atoms with Gasteiger partial charge >= 0.3 is 0 Å². The van der Waals surface area contributed by atoms with Crippen molar-refractivity contribution in [2.45, 2.75) is 65.0 Å². The Kier molecular flexibility index (Phi) is 9.46. The second-order valence-corrected chi connectivity index (χ2v) is 11.0. The van der Waals surface area contributed by atoms with E-state index >= 15 is 0 Å². The summed E-state index contributed by atoms with van der Waals surface area (Å²) < 4.78 is 33.6. The average molecular weight is 464 g/mol. The second-order valence-electron chi connectivity index (χ2n) is 9.13. The van der Waals surface area contributed by atoms with Crippen molar-refractivity contribution < 1.29 is 17.9 Å². The summed E-state index contributed by atoms with van der Waals surface area (Å²) in [5.41, 5.74) is 2.42. The highest BCUT2D eigenvalue weighted by molar-refractivity contribution is 7.90. The molecule has 0 spiro atoms. The minimum Gasteiger partial charge on any atom is -0.383 e. The van der Waals surface area contributed by atoms with Crippen LogP contribution in [0.25, 0.3) is 0 Å². The van der Waals surface area contributed by atoms with Crippen LogP contribution in [0, 0.1) is 18.8 Å². The number of rotatable bonds is 12. The fourth-order valence-corrected chi connectivity index (χ4v) is 5.14. The molecule has 0 unspecified atom stereocenters. The summed E-state index contributed by atoms with van der Waals surface area (Å²) in [5.74, 6) is 0.374. The molecular formula is C24H37N3O4S. The summed E-state index contributed by atoms with van der Waals surface area (Å²) in [6.45, 7) is 11.7. The van der Waals surface area contributed by atoms with E-state index in [4.69, 9.17) is 4.74 Å². The number of hydrogen-bond acceptors (Lipinski definition) is 5. The third kappa shape index (κ3) is 7.17. The van der Waals surface area contributed by atoms with Crippen LogP contribution in [0.5, 0.6) is 0 Å². The van der Waals surface area contributed by atoms with Gasteiger partial charge in [-0.1, -0.05) is 52.0 Å². The van der Waals surface area contributed by atoms with Gasteiger partial charge in [0.1, 0.15) is 0 Å². The van der Waals surface area contributed by atoms with Crippen LogP contribution in [0.15, 0.2) is 35.6 Å². The van der Waals surface area contributed by atoms with Crippen molar-refractivity contribution in [3.8, 4) is 0 Å². The zero-order chi connectivity index (χ0) is 23.9. The molecule has 0 aliphatic rings. The largest absolute Gasteiger partial charge is 0.383 e.